The molecule has 30 heteroatoms. The van der Waals surface area contributed by atoms with Gasteiger partial charge < -0.3 is 81.4 Å². The van der Waals surface area contributed by atoms with Crippen LogP contribution < -0.4 is 81.4 Å². The summed E-state index contributed by atoms with van der Waals surface area (Å²) in [5.41, 5.74) is 26.4. The van der Waals surface area contributed by atoms with Crippen molar-refractivity contribution in [2.75, 3.05) is 39.8 Å². The predicted octanol–water partition coefficient (Wildman–Crippen LogP) is 4.15. The maximum atomic E-state index is 15.5. The summed E-state index contributed by atoms with van der Waals surface area (Å²) in [5.74, 6) is -12.3. The van der Waals surface area contributed by atoms with E-state index in [-0.39, 0.29) is 151 Å². The summed E-state index contributed by atoms with van der Waals surface area (Å²) < 4.78 is 0. The molecule has 0 bridgehead atoms. The van der Waals surface area contributed by atoms with Crippen molar-refractivity contribution in [2.24, 2.45) is 52.5 Å². The molecule has 0 aliphatic carbocycles. The first-order chi connectivity index (χ1) is 56.6. The van der Waals surface area contributed by atoms with Crippen LogP contribution in [0.1, 0.15) is 124 Å². The lowest BCUT2D eigenvalue weighted by Gasteiger charge is -2.28. The first kappa shape index (κ1) is 94.4. The molecule has 0 heterocycles. The molecule has 0 aliphatic heterocycles. The smallest absolute Gasteiger partial charge is 0.243 e. The molecule has 0 aromatic heterocycles. The zero-order valence-electron chi connectivity index (χ0n) is 67.7. The van der Waals surface area contributed by atoms with Crippen LogP contribution in [-0.4, -0.2) is 164 Å². The monoisotopic (exact) mass is 1620 g/mol. The van der Waals surface area contributed by atoms with Gasteiger partial charge in [0.2, 0.25) is 35.4 Å². The molecule has 10 unspecified atom stereocenters. The minimum atomic E-state index is -1.44. The molecule has 0 radical (unpaired) electrons. The summed E-state index contributed by atoms with van der Waals surface area (Å²) in [6, 6.07) is 46.1. The van der Waals surface area contributed by atoms with E-state index in [1.807, 2.05) is 30.3 Å². The van der Waals surface area contributed by atoms with Gasteiger partial charge in [0.15, 0.2) is 52.8 Å². The fraction of sp³-hybridized carbons (Fsp3) is 0.420. The number of carbonyl (C=O) groups is 11. The summed E-state index contributed by atoms with van der Waals surface area (Å²) in [7, 11) is 1.64. The lowest BCUT2D eigenvalue weighted by molar-refractivity contribution is -0.136. The van der Waals surface area contributed by atoms with E-state index >= 15 is 28.8 Å². The number of rotatable bonds is 55. The Morgan fingerprint density at radius 2 is 0.525 bits per heavy atom. The zero-order valence-corrected chi connectivity index (χ0v) is 67.7. The van der Waals surface area contributed by atoms with Gasteiger partial charge in [0.25, 0.3) is 0 Å². The lowest BCUT2D eigenvalue weighted by atomic mass is 9.88. The Morgan fingerprint density at radius 1 is 0.280 bits per heavy atom. The summed E-state index contributed by atoms with van der Waals surface area (Å²) in [5, 5.41) is 62.3. The Balaban J connectivity index is 1.33. The summed E-state index contributed by atoms with van der Waals surface area (Å²) in [6.07, 6.45) is -0.187. The molecule has 10 atom stereocenters. The third-order valence-electron chi connectivity index (χ3n) is 20.3. The highest BCUT2D eigenvalue weighted by Crippen LogP contribution is 2.24. The molecule has 30 nitrogen and oxygen atoms in total. The Bertz CT molecular complexity index is 4240. The average molecular weight is 1620 g/mol. The topological polar surface area (TPSA) is 520 Å². The number of hydrogen-bond donors (Lipinski definition) is 19. The van der Waals surface area contributed by atoms with Gasteiger partial charge in [-0.2, -0.15) is 0 Å². The van der Waals surface area contributed by atoms with E-state index in [1.54, 1.807) is 173 Å². The Hall–Kier alpha value is -12.5. The zero-order chi connectivity index (χ0) is 85.7. The van der Waals surface area contributed by atoms with E-state index in [0.717, 1.165) is 5.56 Å². The normalized spacial score (nSPS) is 13.6. The maximum Gasteiger partial charge on any atom is 0.243 e. The summed E-state index contributed by atoms with van der Waals surface area (Å²) >= 11 is 0. The highest BCUT2D eigenvalue weighted by Gasteiger charge is 2.38. The van der Waals surface area contributed by atoms with Crippen LogP contribution in [0.25, 0.3) is 0 Å². The third kappa shape index (κ3) is 35.7. The summed E-state index contributed by atoms with van der Waals surface area (Å²) in [6.45, 7) is 3.88. The molecule has 6 amide bonds. The van der Waals surface area contributed by atoms with Gasteiger partial charge in [-0.1, -0.05) is 196 Å². The fourth-order valence-corrected chi connectivity index (χ4v) is 13.7. The highest BCUT2D eigenvalue weighted by molar-refractivity contribution is 5.99. The molecule has 0 fully saturated rings. The SMILES string of the molecule is CNC(CCCNC(=N)N)C(=O)CC(Cc1ccccc1)C(=O)NC(Cc1ccccc1)C(=O)NC(CCCNC(=N)N)C(=O)CC(Cc1ccccc1)C(=O)NC(Cc1ccccc1)C(=O)NC(CCCNC(=N)N)C(=O)CC(Cc1ccccc1)C(=O)NC(Cc1ccccc1)C(=O)CC(CCCNC(=N)N)C(=O)NCC(=O)C(C)C. The van der Waals surface area contributed by atoms with E-state index in [9.17, 15) is 24.0 Å². The van der Waals surface area contributed by atoms with E-state index < -0.39 is 126 Å². The minimum absolute atomic E-state index is 0.0130. The highest BCUT2D eigenvalue weighted by atomic mass is 16.2. The van der Waals surface area contributed by atoms with Crippen molar-refractivity contribution in [2.45, 2.75) is 166 Å². The molecular formula is C88H119N19O11. The van der Waals surface area contributed by atoms with Crippen molar-refractivity contribution in [1.82, 2.24) is 58.5 Å². The van der Waals surface area contributed by atoms with Gasteiger partial charge in [-0.25, -0.2) is 0 Å². The molecule has 118 heavy (non-hydrogen) atoms. The molecule has 6 rings (SSSR count). The van der Waals surface area contributed by atoms with Gasteiger partial charge in [-0.15, -0.1) is 0 Å². The van der Waals surface area contributed by atoms with Crippen molar-refractivity contribution >= 4 is 88.2 Å². The number of hydrogen-bond acceptors (Lipinski definition) is 16. The van der Waals surface area contributed by atoms with Crippen molar-refractivity contribution in [1.29, 1.82) is 21.6 Å². The van der Waals surface area contributed by atoms with E-state index in [1.165, 1.54) is 0 Å². The predicted molar refractivity (Wildman–Crippen MR) is 455 cm³/mol. The second kappa shape index (κ2) is 51.5. The molecule has 23 N–H and O–H groups in total. The van der Waals surface area contributed by atoms with Crippen molar-refractivity contribution in [3.05, 3.63) is 215 Å². The number of nitrogens with one attached hydrogen (secondary N) is 15. The van der Waals surface area contributed by atoms with Gasteiger partial charge in [0.1, 0.15) is 12.1 Å². The number of Topliss-reactive ketones (excluding diaryl/α,β-unsaturated/α-hetero) is 5. The van der Waals surface area contributed by atoms with Crippen LogP contribution in [0, 0.1) is 51.2 Å². The van der Waals surface area contributed by atoms with Crippen LogP contribution in [0.4, 0.5) is 0 Å². The van der Waals surface area contributed by atoms with Crippen LogP contribution >= 0.6 is 0 Å². The minimum Gasteiger partial charge on any atom is -0.370 e. The lowest BCUT2D eigenvalue weighted by Crippen LogP contribution is -2.55. The van der Waals surface area contributed by atoms with Crippen LogP contribution in [0.5, 0.6) is 0 Å². The molecule has 632 valence electrons. The Kier molecular flexibility index (Phi) is 41.2. The van der Waals surface area contributed by atoms with Crippen LogP contribution in [-0.2, 0) is 91.3 Å². The Morgan fingerprint density at radius 3 is 0.822 bits per heavy atom. The van der Waals surface area contributed by atoms with E-state index in [4.69, 9.17) is 44.6 Å². The quantitative estimate of drug-likeness (QED) is 0.0145. The van der Waals surface area contributed by atoms with Crippen LogP contribution in [0.15, 0.2) is 182 Å². The van der Waals surface area contributed by atoms with Crippen LogP contribution in [0.3, 0.4) is 0 Å². The van der Waals surface area contributed by atoms with Crippen molar-refractivity contribution in [3.8, 4) is 0 Å². The third-order valence-corrected chi connectivity index (χ3v) is 20.3. The fourth-order valence-electron chi connectivity index (χ4n) is 13.7. The van der Waals surface area contributed by atoms with Gasteiger partial charge in [0, 0.05) is 94.3 Å². The number of amides is 6. The van der Waals surface area contributed by atoms with Gasteiger partial charge in [-0.3, -0.25) is 74.4 Å². The molecule has 6 aromatic rings. The second-order valence-corrected chi connectivity index (χ2v) is 30.0. The number of ketones is 5. The van der Waals surface area contributed by atoms with E-state index in [2.05, 4.69) is 58.5 Å². The van der Waals surface area contributed by atoms with E-state index in [0.29, 0.717) is 53.6 Å². The van der Waals surface area contributed by atoms with Crippen molar-refractivity contribution in [3.63, 3.8) is 0 Å². The molecule has 0 spiro atoms. The largest absolute Gasteiger partial charge is 0.370 e. The van der Waals surface area contributed by atoms with Gasteiger partial charge in [0.05, 0.1) is 30.7 Å². The molecular weight excluding hydrogens is 1500 g/mol. The number of benzene rings is 6. The van der Waals surface area contributed by atoms with Crippen molar-refractivity contribution < 1.29 is 52.7 Å². The number of likely N-dealkylation sites (N-methyl/N-ethyl adjacent to an activating group) is 1. The van der Waals surface area contributed by atoms with Gasteiger partial charge >= 0.3 is 0 Å². The first-order valence-electron chi connectivity index (χ1n) is 40.3. The number of carbonyl (C=O) groups excluding carboxylic acids is 11. The first-order valence-corrected chi connectivity index (χ1v) is 40.3. The Labute approximate surface area is 691 Å². The molecule has 0 aliphatic rings. The molecule has 0 saturated heterocycles. The van der Waals surface area contributed by atoms with Gasteiger partial charge in [-0.05, 0) is 117 Å². The standard InChI is InChI=1S/C88H119N19O11/c1-57(2)78(112)56-102-79(113)64(38-22-42-98-85(89)90)52-77(111)71(49-61-32-16-7-17-33-61)105-80(114)66(47-59-28-12-5-13-29-59)54-75(109)69(40-24-44-100-87(93)94)103-84(118)73(51-63-36-20-9-21-37-63)107-82(116)67(48-60-30-14-6-15-31-60)55-76(110)70(41-25-45-101-88(95)96)104-83(117)72(50-62-34-18-8-19-35-62)106-81(115)65(46-58-26-10-4-11-27-58)53-74(108)68(97-3)39-23-43-99-86(91)92/h4-21,26-37,57,64-73,97H,22-25,38-56H2,1-3H3,(H,102,113)(H,103,118)(H,104,117)(H,105,114)(H,106,115)(H,107,116)(H4,89,90,98)(H4,91,92,99)(H4,93,94,100)(H4,95,96,101). The van der Waals surface area contributed by atoms with Crippen LogP contribution in [0.2, 0.25) is 0 Å². The second-order valence-electron chi connectivity index (χ2n) is 30.0. The summed E-state index contributed by atoms with van der Waals surface area (Å²) in [4.78, 5) is 163. The molecule has 6 aromatic carbocycles. The number of nitrogens with two attached hydrogens (primary N) is 4. The molecule has 0 saturated carbocycles. The average Bonchev–Trinajstić information content (AvgIpc) is 0.846. The maximum absolute atomic E-state index is 15.5. The number of guanidine groups is 4.